The first-order valence-electron chi connectivity index (χ1n) is 7.73. The predicted octanol–water partition coefficient (Wildman–Crippen LogP) is 1.95. The van der Waals surface area contributed by atoms with Crippen LogP contribution in [0.5, 0.6) is 5.75 Å². The van der Waals surface area contributed by atoms with Crippen LogP contribution < -0.4 is 11.0 Å². The van der Waals surface area contributed by atoms with E-state index in [9.17, 15) is 14.7 Å². The standard InChI is InChI=1S/C17H18N4O3/c1-2-20-12-6-3-4-7-13(12)21(17(20)24)11-9-15(23)19-16-14(22)8-5-10-18-16/h3-8,10,22H,2,9,11H2,1H3,(H,18,19,23). The summed E-state index contributed by atoms with van der Waals surface area (Å²) in [5.41, 5.74) is 1.53. The third kappa shape index (κ3) is 2.88. The van der Waals surface area contributed by atoms with Crippen molar-refractivity contribution in [3.63, 3.8) is 0 Å². The molecule has 0 radical (unpaired) electrons. The number of pyridine rings is 1. The molecule has 0 saturated carbocycles. The first-order chi connectivity index (χ1) is 11.6. The Hall–Kier alpha value is -3.09. The second kappa shape index (κ2) is 6.57. The largest absolute Gasteiger partial charge is 0.504 e. The van der Waals surface area contributed by atoms with Gasteiger partial charge in [-0.1, -0.05) is 12.1 Å². The van der Waals surface area contributed by atoms with Crippen LogP contribution in [-0.2, 0) is 17.9 Å². The Morgan fingerprint density at radius 2 is 1.88 bits per heavy atom. The summed E-state index contributed by atoms with van der Waals surface area (Å²) in [6, 6.07) is 10.5. The molecule has 0 unspecified atom stereocenters. The highest BCUT2D eigenvalue weighted by molar-refractivity contribution is 5.91. The lowest BCUT2D eigenvalue weighted by molar-refractivity contribution is -0.116. The number of para-hydroxylation sites is 2. The lowest BCUT2D eigenvalue weighted by Gasteiger charge is -2.06. The van der Waals surface area contributed by atoms with Crippen LogP contribution in [0.4, 0.5) is 5.82 Å². The Balaban J connectivity index is 1.79. The normalized spacial score (nSPS) is 10.9. The molecule has 2 aromatic heterocycles. The number of hydrogen-bond donors (Lipinski definition) is 2. The summed E-state index contributed by atoms with van der Waals surface area (Å²) < 4.78 is 3.27. The van der Waals surface area contributed by atoms with Gasteiger partial charge in [0.1, 0.15) is 0 Å². The summed E-state index contributed by atoms with van der Waals surface area (Å²) in [7, 11) is 0. The van der Waals surface area contributed by atoms with Crippen molar-refractivity contribution in [2.24, 2.45) is 0 Å². The Morgan fingerprint density at radius 1 is 1.17 bits per heavy atom. The lowest BCUT2D eigenvalue weighted by atomic mass is 10.3. The Labute approximate surface area is 138 Å². The zero-order chi connectivity index (χ0) is 17.1. The molecule has 2 heterocycles. The van der Waals surface area contributed by atoms with Crippen LogP contribution in [0.2, 0.25) is 0 Å². The number of amides is 1. The number of nitrogens with one attached hydrogen (secondary N) is 1. The SMILES string of the molecule is CCn1c(=O)n(CCC(=O)Nc2ncccc2O)c2ccccc21. The molecule has 1 amide bonds. The molecule has 0 aliphatic rings. The number of anilines is 1. The van der Waals surface area contributed by atoms with Crippen molar-refractivity contribution in [1.82, 2.24) is 14.1 Å². The van der Waals surface area contributed by atoms with E-state index in [-0.39, 0.29) is 36.1 Å². The summed E-state index contributed by atoms with van der Waals surface area (Å²) in [6.45, 7) is 2.74. The number of carbonyl (C=O) groups is 1. The van der Waals surface area contributed by atoms with Gasteiger partial charge in [0, 0.05) is 25.7 Å². The fourth-order valence-electron chi connectivity index (χ4n) is 2.70. The molecule has 0 aliphatic carbocycles. The molecule has 7 nitrogen and oxygen atoms in total. The maximum atomic E-state index is 12.5. The number of aromatic hydroxyl groups is 1. The predicted molar refractivity (Wildman–Crippen MR) is 91.0 cm³/mol. The third-order valence-electron chi connectivity index (χ3n) is 3.85. The van der Waals surface area contributed by atoms with E-state index in [0.29, 0.717) is 6.54 Å². The van der Waals surface area contributed by atoms with E-state index in [1.807, 2.05) is 31.2 Å². The van der Waals surface area contributed by atoms with Crippen LogP contribution in [0.1, 0.15) is 13.3 Å². The molecule has 0 bridgehead atoms. The number of fused-ring (bicyclic) bond motifs is 1. The average Bonchev–Trinajstić information content (AvgIpc) is 2.86. The molecule has 7 heteroatoms. The second-order valence-electron chi connectivity index (χ2n) is 5.34. The molecule has 3 rings (SSSR count). The first-order valence-corrected chi connectivity index (χ1v) is 7.73. The van der Waals surface area contributed by atoms with E-state index < -0.39 is 0 Å². The zero-order valence-electron chi connectivity index (χ0n) is 13.3. The summed E-state index contributed by atoms with van der Waals surface area (Å²) in [5.74, 6) is -0.291. The molecule has 2 N–H and O–H groups in total. The third-order valence-corrected chi connectivity index (χ3v) is 3.85. The highest BCUT2D eigenvalue weighted by Gasteiger charge is 2.13. The summed E-state index contributed by atoms with van der Waals surface area (Å²) in [5, 5.41) is 12.2. The molecule has 24 heavy (non-hydrogen) atoms. The van der Waals surface area contributed by atoms with Gasteiger partial charge in [-0.15, -0.1) is 0 Å². The van der Waals surface area contributed by atoms with Crippen LogP contribution in [0.25, 0.3) is 11.0 Å². The monoisotopic (exact) mass is 326 g/mol. The number of hydrogen-bond acceptors (Lipinski definition) is 4. The molecule has 3 aromatic rings. The van der Waals surface area contributed by atoms with Crippen LogP contribution in [0.15, 0.2) is 47.4 Å². The van der Waals surface area contributed by atoms with Gasteiger partial charge < -0.3 is 10.4 Å². The van der Waals surface area contributed by atoms with Crippen molar-refractivity contribution in [2.75, 3.05) is 5.32 Å². The smallest absolute Gasteiger partial charge is 0.329 e. The Morgan fingerprint density at radius 3 is 2.54 bits per heavy atom. The number of carbonyl (C=O) groups excluding carboxylic acids is 1. The van der Waals surface area contributed by atoms with Gasteiger partial charge in [-0.2, -0.15) is 0 Å². The van der Waals surface area contributed by atoms with Crippen molar-refractivity contribution in [3.8, 4) is 5.75 Å². The van der Waals surface area contributed by atoms with E-state index in [4.69, 9.17) is 0 Å². The minimum absolute atomic E-state index is 0.0920. The summed E-state index contributed by atoms with van der Waals surface area (Å²) in [4.78, 5) is 28.5. The topological polar surface area (TPSA) is 89.2 Å². The number of rotatable bonds is 5. The quantitative estimate of drug-likeness (QED) is 0.750. The first kappa shape index (κ1) is 15.8. The molecule has 0 atom stereocenters. The highest BCUT2D eigenvalue weighted by atomic mass is 16.3. The lowest BCUT2D eigenvalue weighted by Crippen LogP contribution is -2.25. The zero-order valence-corrected chi connectivity index (χ0v) is 13.3. The maximum absolute atomic E-state index is 12.5. The number of aromatic nitrogens is 3. The average molecular weight is 326 g/mol. The van der Waals surface area contributed by atoms with Crippen LogP contribution in [-0.4, -0.2) is 25.1 Å². The van der Waals surface area contributed by atoms with E-state index in [1.165, 1.54) is 12.3 Å². The molecular weight excluding hydrogens is 308 g/mol. The maximum Gasteiger partial charge on any atom is 0.329 e. The van der Waals surface area contributed by atoms with Crippen molar-refractivity contribution < 1.29 is 9.90 Å². The number of imidazole rings is 1. The fourth-order valence-corrected chi connectivity index (χ4v) is 2.70. The molecule has 0 spiro atoms. The molecule has 0 aliphatic heterocycles. The number of aryl methyl sites for hydroxylation is 2. The Kier molecular flexibility index (Phi) is 4.33. The van der Waals surface area contributed by atoms with Crippen molar-refractivity contribution in [3.05, 3.63) is 53.1 Å². The van der Waals surface area contributed by atoms with Crippen molar-refractivity contribution in [1.29, 1.82) is 0 Å². The van der Waals surface area contributed by atoms with E-state index in [0.717, 1.165) is 11.0 Å². The van der Waals surface area contributed by atoms with Gasteiger partial charge in [-0.3, -0.25) is 13.9 Å². The van der Waals surface area contributed by atoms with Crippen molar-refractivity contribution >= 4 is 22.8 Å². The Bertz CT molecular complexity index is 942. The van der Waals surface area contributed by atoms with Gasteiger partial charge in [0.2, 0.25) is 5.91 Å². The van der Waals surface area contributed by atoms with Gasteiger partial charge in [0.25, 0.3) is 0 Å². The van der Waals surface area contributed by atoms with Gasteiger partial charge in [0.05, 0.1) is 11.0 Å². The highest BCUT2D eigenvalue weighted by Crippen LogP contribution is 2.18. The van der Waals surface area contributed by atoms with Crippen molar-refractivity contribution in [2.45, 2.75) is 26.4 Å². The van der Waals surface area contributed by atoms with Gasteiger partial charge in [-0.05, 0) is 31.2 Å². The van der Waals surface area contributed by atoms with E-state index >= 15 is 0 Å². The fraction of sp³-hybridized carbons (Fsp3) is 0.235. The van der Waals surface area contributed by atoms with Crippen LogP contribution in [0, 0.1) is 0 Å². The molecule has 0 saturated heterocycles. The summed E-state index contributed by atoms with van der Waals surface area (Å²) >= 11 is 0. The molecule has 0 fully saturated rings. The summed E-state index contributed by atoms with van der Waals surface area (Å²) in [6.07, 6.45) is 1.59. The number of benzene rings is 1. The van der Waals surface area contributed by atoms with Crippen LogP contribution in [0.3, 0.4) is 0 Å². The minimum atomic E-state index is -0.316. The minimum Gasteiger partial charge on any atom is -0.504 e. The van der Waals surface area contributed by atoms with Gasteiger partial charge >= 0.3 is 5.69 Å². The molecule has 124 valence electrons. The van der Waals surface area contributed by atoms with E-state index in [1.54, 1.807) is 15.2 Å². The van der Waals surface area contributed by atoms with Crippen LogP contribution >= 0.6 is 0 Å². The second-order valence-corrected chi connectivity index (χ2v) is 5.34. The van der Waals surface area contributed by atoms with E-state index in [2.05, 4.69) is 10.3 Å². The molecule has 1 aromatic carbocycles. The number of nitrogens with zero attached hydrogens (tertiary/aromatic N) is 3. The molecular formula is C17H18N4O3. The van der Waals surface area contributed by atoms with Gasteiger partial charge in [-0.25, -0.2) is 9.78 Å². The van der Waals surface area contributed by atoms with Gasteiger partial charge in [0.15, 0.2) is 11.6 Å².